The van der Waals surface area contributed by atoms with Gasteiger partial charge in [0.2, 0.25) is 0 Å². The Morgan fingerprint density at radius 1 is 1.11 bits per heavy atom. The van der Waals surface area contributed by atoms with Crippen molar-refractivity contribution in [2.24, 2.45) is 0 Å². The van der Waals surface area contributed by atoms with Gasteiger partial charge >= 0.3 is 5.97 Å². The largest absolute Gasteiger partial charge is 0.480 e. The molecule has 2 aromatic carbocycles. The lowest BCUT2D eigenvalue weighted by atomic mass is 10.0. The number of unbranched alkanes of at least 4 members (excludes halogenated alkanes) is 2. The lowest BCUT2D eigenvalue weighted by Gasteiger charge is -2.20. The first-order valence-corrected chi connectivity index (χ1v) is 9.85. The van der Waals surface area contributed by atoms with E-state index in [1.807, 2.05) is 26.0 Å². The molecule has 0 fully saturated rings. The molecule has 0 saturated heterocycles. The highest BCUT2D eigenvalue weighted by molar-refractivity contribution is 5.96. The quantitative estimate of drug-likeness (QED) is 0.551. The van der Waals surface area contributed by atoms with Crippen LogP contribution in [0.3, 0.4) is 0 Å². The van der Waals surface area contributed by atoms with Crippen LogP contribution < -0.4 is 10.1 Å². The van der Waals surface area contributed by atoms with Crippen LogP contribution in [0.1, 0.15) is 61.0 Å². The van der Waals surface area contributed by atoms with Gasteiger partial charge in [0.15, 0.2) is 6.10 Å². The number of amides is 1. The van der Waals surface area contributed by atoms with Crippen LogP contribution in [-0.4, -0.2) is 23.1 Å². The van der Waals surface area contributed by atoms with Crippen LogP contribution in [-0.2, 0) is 11.2 Å². The molecule has 0 aromatic heterocycles. The Bertz CT molecular complexity index is 816. The van der Waals surface area contributed by atoms with Crippen molar-refractivity contribution in [1.29, 1.82) is 0 Å². The Labute approximate surface area is 166 Å². The third kappa shape index (κ3) is 6.12. The number of anilines is 1. The normalized spacial score (nSPS) is 11.7. The Morgan fingerprint density at radius 3 is 2.57 bits per heavy atom. The minimum Gasteiger partial charge on any atom is -0.480 e. The fraction of sp³-hybridized carbons (Fsp3) is 0.391. The second kappa shape index (κ2) is 10.5. The van der Waals surface area contributed by atoms with Crippen molar-refractivity contribution in [3.05, 3.63) is 59.2 Å². The molecule has 28 heavy (non-hydrogen) atoms. The lowest BCUT2D eigenvalue weighted by molar-refractivity contribution is -0.122. The number of aryl methyl sites for hydroxylation is 2. The first kappa shape index (κ1) is 21.5. The summed E-state index contributed by atoms with van der Waals surface area (Å²) >= 11 is 0. The first-order chi connectivity index (χ1) is 13.4. The third-order valence-corrected chi connectivity index (χ3v) is 4.58. The predicted octanol–water partition coefficient (Wildman–Crippen LogP) is 5.22. The molecule has 150 valence electrons. The van der Waals surface area contributed by atoms with Crippen molar-refractivity contribution in [2.75, 3.05) is 5.32 Å². The van der Waals surface area contributed by atoms with E-state index in [0.29, 0.717) is 12.1 Å². The molecule has 0 aliphatic carbocycles. The molecule has 0 aliphatic heterocycles. The summed E-state index contributed by atoms with van der Waals surface area (Å²) < 4.78 is 6.06. The number of aromatic carboxylic acids is 1. The van der Waals surface area contributed by atoms with E-state index < -0.39 is 12.1 Å². The van der Waals surface area contributed by atoms with Gasteiger partial charge in [-0.15, -0.1) is 0 Å². The maximum Gasteiger partial charge on any atom is 0.335 e. The molecule has 1 atom stereocenters. The van der Waals surface area contributed by atoms with Crippen LogP contribution >= 0.6 is 0 Å². The van der Waals surface area contributed by atoms with E-state index in [1.54, 1.807) is 12.1 Å². The second-order valence-electron chi connectivity index (χ2n) is 6.96. The van der Waals surface area contributed by atoms with Gasteiger partial charge in [0.25, 0.3) is 5.91 Å². The standard InChI is InChI=1S/C23H29NO4/c1-4-6-7-9-17-14-16(3)12-13-21(17)28-20(5-2)22(25)24-19-11-8-10-18(15-19)23(26)27/h8,10-15,20H,4-7,9H2,1-3H3,(H,24,25)(H,26,27). The number of hydrogen-bond acceptors (Lipinski definition) is 3. The van der Waals surface area contributed by atoms with E-state index in [4.69, 9.17) is 9.84 Å². The van der Waals surface area contributed by atoms with Crippen molar-refractivity contribution in [1.82, 2.24) is 0 Å². The van der Waals surface area contributed by atoms with Gasteiger partial charge in [-0.3, -0.25) is 4.79 Å². The number of ether oxygens (including phenoxy) is 1. The molecule has 5 nitrogen and oxygen atoms in total. The fourth-order valence-corrected chi connectivity index (χ4v) is 3.01. The number of carbonyl (C=O) groups excluding carboxylic acids is 1. The maximum absolute atomic E-state index is 12.7. The summed E-state index contributed by atoms with van der Waals surface area (Å²) in [6.45, 7) is 6.11. The molecule has 0 radical (unpaired) electrons. The molecule has 1 unspecified atom stereocenters. The number of nitrogens with one attached hydrogen (secondary N) is 1. The summed E-state index contributed by atoms with van der Waals surface area (Å²) in [7, 11) is 0. The summed E-state index contributed by atoms with van der Waals surface area (Å²) in [6, 6.07) is 12.2. The van der Waals surface area contributed by atoms with E-state index in [0.717, 1.165) is 37.0 Å². The van der Waals surface area contributed by atoms with Crippen molar-refractivity contribution in [3.63, 3.8) is 0 Å². The third-order valence-electron chi connectivity index (χ3n) is 4.58. The highest BCUT2D eigenvalue weighted by Gasteiger charge is 2.20. The zero-order valence-corrected chi connectivity index (χ0v) is 16.8. The van der Waals surface area contributed by atoms with Crippen LogP contribution in [0.25, 0.3) is 0 Å². The van der Waals surface area contributed by atoms with Crippen molar-refractivity contribution in [2.45, 2.75) is 59.0 Å². The van der Waals surface area contributed by atoms with E-state index in [-0.39, 0.29) is 11.5 Å². The highest BCUT2D eigenvalue weighted by Crippen LogP contribution is 2.24. The summed E-state index contributed by atoms with van der Waals surface area (Å²) in [5.74, 6) is -0.580. The zero-order valence-electron chi connectivity index (χ0n) is 16.8. The molecular formula is C23H29NO4. The molecule has 2 aromatic rings. The molecule has 0 aliphatic rings. The van der Waals surface area contributed by atoms with Crippen LogP contribution in [0.15, 0.2) is 42.5 Å². The fourth-order valence-electron chi connectivity index (χ4n) is 3.01. The van der Waals surface area contributed by atoms with Gasteiger partial charge in [0.1, 0.15) is 5.75 Å². The Balaban J connectivity index is 2.12. The van der Waals surface area contributed by atoms with Crippen molar-refractivity contribution in [3.8, 4) is 5.75 Å². The molecular weight excluding hydrogens is 354 g/mol. The Morgan fingerprint density at radius 2 is 1.89 bits per heavy atom. The van der Waals surface area contributed by atoms with Gasteiger partial charge in [0, 0.05) is 5.69 Å². The minimum atomic E-state index is -1.03. The van der Waals surface area contributed by atoms with Crippen LogP contribution in [0, 0.1) is 6.92 Å². The SMILES string of the molecule is CCCCCc1cc(C)ccc1OC(CC)C(=O)Nc1cccc(C(=O)O)c1. The smallest absolute Gasteiger partial charge is 0.335 e. The monoisotopic (exact) mass is 383 g/mol. The number of carboxylic acids is 1. The molecule has 0 spiro atoms. The molecule has 5 heteroatoms. The van der Waals surface area contributed by atoms with Gasteiger partial charge < -0.3 is 15.2 Å². The lowest BCUT2D eigenvalue weighted by Crippen LogP contribution is -2.32. The first-order valence-electron chi connectivity index (χ1n) is 9.85. The van der Waals surface area contributed by atoms with Crippen molar-refractivity contribution >= 4 is 17.6 Å². The van der Waals surface area contributed by atoms with Crippen molar-refractivity contribution < 1.29 is 19.4 Å². The summed E-state index contributed by atoms with van der Waals surface area (Å²) in [6.07, 6.45) is 4.17. The van der Waals surface area contributed by atoms with Gasteiger partial charge in [0.05, 0.1) is 5.56 Å². The molecule has 0 heterocycles. The average molecular weight is 383 g/mol. The zero-order chi connectivity index (χ0) is 20.5. The minimum absolute atomic E-state index is 0.128. The van der Waals surface area contributed by atoms with Gasteiger partial charge in [-0.2, -0.15) is 0 Å². The van der Waals surface area contributed by atoms with Gasteiger partial charge in [-0.1, -0.05) is 50.5 Å². The highest BCUT2D eigenvalue weighted by atomic mass is 16.5. The second-order valence-corrected chi connectivity index (χ2v) is 6.96. The topological polar surface area (TPSA) is 75.6 Å². The summed E-state index contributed by atoms with van der Waals surface area (Å²) in [4.78, 5) is 23.8. The molecule has 2 N–H and O–H groups in total. The molecule has 1 amide bonds. The van der Waals surface area contributed by atoms with Crippen LogP contribution in [0.4, 0.5) is 5.69 Å². The molecule has 0 saturated carbocycles. The summed E-state index contributed by atoms with van der Waals surface area (Å²) in [5.41, 5.74) is 2.86. The van der Waals surface area contributed by atoms with E-state index >= 15 is 0 Å². The summed E-state index contributed by atoms with van der Waals surface area (Å²) in [5, 5.41) is 11.9. The number of hydrogen-bond donors (Lipinski definition) is 2. The van der Waals surface area contributed by atoms with Crippen LogP contribution in [0.2, 0.25) is 0 Å². The Kier molecular flexibility index (Phi) is 8.05. The number of rotatable bonds is 10. The van der Waals surface area contributed by atoms with E-state index in [9.17, 15) is 9.59 Å². The van der Waals surface area contributed by atoms with E-state index in [1.165, 1.54) is 17.7 Å². The maximum atomic E-state index is 12.7. The van der Waals surface area contributed by atoms with Gasteiger partial charge in [-0.25, -0.2) is 4.79 Å². The number of carbonyl (C=O) groups is 2. The number of carboxylic acid groups (broad SMARTS) is 1. The van der Waals surface area contributed by atoms with E-state index in [2.05, 4.69) is 18.3 Å². The molecule has 2 rings (SSSR count). The Hall–Kier alpha value is -2.82. The number of benzene rings is 2. The van der Waals surface area contributed by atoms with Crippen LogP contribution in [0.5, 0.6) is 5.75 Å². The average Bonchev–Trinajstić information content (AvgIpc) is 2.67. The molecule has 0 bridgehead atoms. The predicted molar refractivity (Wildman–Crippen MR) is 111 cm³/mol. The van der Waals surface area contributed by atoms with Gasteiger partial charge in [-0.05, 0) is 56.0 Å².